The second kappa shape index (κ2) is 5.54. The van der Waals surface area contributed by atoms with Crippen LogP contribution >= 0.6 is 12.2 Å². The molecule has 24 heavy (non-hydrogen) atoms. The number of carbonyl (C=O) groups is 2. The molecule has 0 unspecified atom stereocenters. The molecule has 4 rings (SSSR count). The van der Waals surface area contributed by atoms with Crippen LogP contribution in [0.5, 0.6) is 0 Å². The smallest absolute Gasteiger partial charge is 0.338 e. The maximum atomic E-state index is 11.6. The van der Waals surface area contributed by atoms with E-state index in [0.29, 0.717) is 23.6 Å². The summed E-state index contributed by atoms with van der Waals surface area (Å²) >= 11 is 4.88. The van der Waals surface area contributed by atoms with Gasteiger partial charge in [-0.15, -0.1) is 0 Å². The number of pyridine rings is 1. The lowest BCUT2D eigenvalue weighted by atomic mass is 10.0. The number of esters is 1. The molecule has 6 nitrogen and oxygen atoms in total. The van der Waals surface area contributed by atoms with Crippen LogP contribution in [0.3, 0.4) is 0 Å². The lowest BCUT2D eigenvalue weighted by Gasteiger charge is -2.04. The molecule has 1 aromatic heterocycles. The van der Waals surface area contributed by atoms with Gasteiger partial charge < -0.3 is 10.1 Å². The molecule has 2 aromatic rings. The van der Waals surface area contributed by atoms with Crippen LogP contribution in [0.4, 0.5) is 0 Å². The molecule has 2 aliphatic heterocycles. The molecule has 0 saturated carbocycles. The predicted molar refractivity (Wildman–Crippen MR) is 90.6 cm³/mol. The number of aromatic nitrogens is 1. The number of ether oxygens (including phenoxy) is 1. The fraction of sp³-hybridized carbons (Fsp3) is 0.0588. The highest BCUT2D eigenvalue weighted by molar-refractivity contribution is 7.80. The topological polar surface area (TPSA) is 80.3 Å². The highest BCUT2D eigenvalue weighted by Gasteiger charge is 2.21. The van der Waals surface area contributed by atoms with Crippen molar-refractivity contribution < 1.29 is 14.3 Å². The molecule has 118 valence electrons. The average Bonchev–Trinajstić information content (AvgIpc) is 3.10. The Bertz CT molecular complexity index is 919. The van der Waals surface area contributed by atoms with E-state index >= 15 is 0 Å². The Kier molecular flexibility index (Phi) is 3.35. The summed E-state index contributed by atoms with van der Waals surface area (Å²) in [6.45, 7) is 0.306. The van der Waals surface area contributed by atoms with Gasteiger partial charge in [0.05, 0.1) is 11.3 Å². The first kappa shape index (κ1) is 14.5. The SMILES string of the molecule is O=C1NC(=S)N/C1=C/c1ccc(-c2ccc3c(c2)COC3=O)cn1. The van der Waals surface area contributed by atoms with Crippen LogP contribution in [0.2, 0.25) is 0 Å². The summed E-state index contributed by atoms with van der Waals surface area (Å²) in [7, 11) is 0. The standard InChI is InChI=1S/C17H11N3O3S/c21-15-14(19-17(24)20-15)6-12-3-1-10(7-18-12)9-2-4-13-11(5-9)8-23-16(13)22/h1-7H,8H2,(H2,19,20,21,24)/b14-6+. The molecule has 0 spiro atoms. The Morgan fingerprint density at radius 2 is 1.96 bits per heavy atom. The number of amides is 1. The zero-order valence-corrected chi connectivity index (χ0v) is 13.1. The highest BCUT2D eigenvalue weighted by Crippen LogP contribution is 2.26. The fourth-order valence-electron chi connectivity index (χ4n) is 2.60. The van der Waals surface area contributed by atoms with E-state index in [1.807, 2.05) is 24.3 Å². The summed E-state index contributed by atoms with van der Waals surface area (Å²) in [6, 6.07) is 9.28. The van der Waals surface area contributed by atoms with E-state index in [2.05, 4.69) is 15.6 Å². The summed E-state index contributed by atoms with van der Waals surface area (Å²) in [5.41, 5.74) is 4.37. The predicted octanol–water partition coefficient (Wildman–Crippen LogP) is 1.76. The summed E-state index contributed by atoms with van der Waals surface area (Å²) in [5, 5.41) is 5.56. The Morgan fingerprint density at radius 3 is 2.67 bits per heavy atom. The second-order valence-corrected chi connectivity index (χ2v) is 5.79. The lowest BCUT2D eigenvalue weighted by Crippen LogP contribution is -2.21. The van der Waals surface area contributed by atoms with Gasteiger partial charge in [0.15, 0.2) is 5.11 Å². The third-order valence-corrected chi connectivity index (χ3v) is 4.02. The van der Waals surface area contributed by atoms with Crippen molar-refractivity contribution in [3.05, 3.63) is 59.0 Å². The number of hydrogen-bond donors (Lipinski definition) is 2. The van der Waals surface area contributed by atoms with Crippen LogP contribution in [0.25, 0.3) is 17.2 Å². The largest absolute Gasteiger partial charge is 0.457 e. The van der Waals surface area contributed by atoms with Gasteiger partial charge in [0.1, 0.15) is 12.3 Å². The Morgan fingerprint density at radius 1 is 1.12 bits per heavy atom. The first-order valence-electron chi connectivity index (χ1n) is 7.21. The molecule has 0 bridgehead atoms. The number of nitrogens with zero attached hydrogens (tertiary/aromatic N) is 1. The van der Waals surface area contributed by atoms with Crippen molar-refractivity contribution >= 4 is 35.3 Å². The van der Waals surface area contributed by atoms with Gasteiger partial charge in [-0.1, -0.05) is 12.1 Å². The van der Waals surface area contributed by atoms with Gasteiger partial charge in [-0.2, -0.15) is 0 Å². The number of thiocarbonyl (C=S) groups is 1. The van der Waals surface area contributed by atoms with Crippen molar-refractivity contribution in [2.45, 2.75) is 6.61 Å². The molecule has 0 atom stereocenters. The molecule has 0 aliphatic carbocycles. The van der Waals surface area contributed by atoms with E-state index in [-0.39, 0.29) is 17.0 Å². The summed E-state index contributed by atoms with van der Waals surface area (Å²) < 4.78 is 5.01. The maximum absolute atomic E-state index is 11.6. The molecule has 0 radical (unpaired) electrons. The van der Waals surface area contributed by atoms with Gasteiger partial charge in [-0.05, 0) is 42.1 Å². The van der Waals surface area contributed by atoms with Crippen LogP contribution in [0.1, 0.15) is 21.6 Å². The van der Waals surface area contributed by atoms with E-state index in [4.69, 9.17) is 17.0 Å². The number of hydrogen-bond acceptors (Lipinski definition) is 5. The van der Waals surface area contributed by atoms with Gasteiger partial charge in [-0.25, -0.2) is 4.79 Å². The molecule has 1 saturated heterocycles. The van der Waals surface area contributed by atoms with Gasteiger partial charge in [0, 0.05) is 17.3 Å². The highest BCUT2D eigenvalue weighted by atomic mass is 32.1. The number of rotatable bonds is 2. The van der Waals surface area contributed by atoms with Crippen LogP contribution in [-0.2, 0) is 16.1 Å². The van der Waals surface area contributed by atoms with E-state index < -0.39 is 0 Å². The van der Waals surface area contributed by atoms with E-state index in [0.717, 1.165) is 16.7 Å². The quantitative estimate of drug-likeness (QED) is 0.494. The van der Waals surface area contributed by atoms with Crippen LogP contribution in [0, 0.1) is 0 Å². The fourth-order valence-corrected chi connectivity index (χ4v) is 2.81. The lowest BCUT2D eigenvalue weighted by molar-refractivity contribution is -0.115. The monoisotopic (exact) mass is 337 g/mol. The molecule has 1 aromatic carbocycles. The third-order valence-electron chi connectivity index (χ3n) is 3.82. The first-order valence-corrected chi connectivity index (χ1v) is 7.61. The van der Waals surface area contributed by atoms with Crippen molar-refractivity contribution in [1.29, 1.82) is 0 Å². The summed E-state index contributed by atoms with van der Waals surface area (Å²) in [5.74, 6) is -0.550. The molecule has 7 heteroatoms. The number of benzene rings is 1. The van der Waals surface area contributed by atoms with Gasteiger partial charge in [-0.3, -0.25) is 15.1 Å². The minimum absolute atomic E-state index is 0.269. The second-order valence-electron chi connectivity index (χ2n) is 5.39. The van der Waals surface area contributed by atoms with E-state index in [1.54, 1.807) is 18.3 Å². The van der Waals surface area contributed by atoms with Crippen molar-refractivity contribution in [2.24, 2.45) is 0 Å². The maximum Gasteiger partial charge on any atom is 0.338 e. The minimum Gasteiger partial charge on any atom is -0.457 e. The molecule has 1 amide bonds. The summed E-state index contributed by atoms with van der Waals surface area (Å²) in [6.07, 6.45) is 3.35. The molecule has 2 N–H and O–H groups in total. The van der Waals surface area contributed by atoms with Crippen molar-refractivity contribution in [1.82, 2.24) is 15.6 Å². The first-order chi connectivity index (χ1) is 11.6. The Balaban J connectivity index is 1.61. The zero-order chi connectivity index (χ0) is 16.7. The van der Waals surface area contributed by atoms with Gasteiger partial charge in [0.25, 0.3) is 5.91 Å². The number of nitrogens with one attached hydrogen (secondary N) is 2. The molecular weight excluding hydrogens is 326 g/mol. The molecular formula is C17H11N3O3S. The van der Waals surface area contributed by atoms with Crippen molar-refractivity contribution in [3.63, 3.8) is 0 Å². The number of carbonyl (C=O) groups excluding carboxylic acids is 2. The van der Waals surface area contributed by atoms with Gasteiger partial charge in [0.2, 0.25) is 0 Å². The third kappa shape index (κ3) is 2.55. The van der Waals surface area contributed by atoms with E-state index in [1.165, 1.54) is 0 Å². The van der Waals surface area contributed by atoms with Crippen molar-refractivity contribution in [2.75, 3.05) is 0 Å². The average molecular weight is 337 g/mol. The normalized spacial score (nSPS) is 17.5. The van der Waals surface area contributed by atoms with Gasteiger partial charge >= 0.3 is 5.97 Å². The number of cyclic esters (lactones) is 1. The zero-order valence-electron chi connectivity index (χ0n) is 12.3. The van der Waals surface area contributed by atoms with Crippen LogP contribution in [-0.4, -0.2) is 22.0 Å². The van der Waals surface area contributed by atoms with E-state index in [9.17, 15) is 9.59 Å². The molecule has 1 fully saturated rings. The van der Waals surface area contributed by atoms with Crippen molar-refractivity contribution in [3.8, 4) is 11.1 Å². The molecule has 2 aliphatic rings. The Hall–Kier alpha value is -3.06. The minimum atomic E-state index is -0.281. The Labute approximate surface area is 142 Å². The number of fused-ring (bicyclic) bond motifs is 1. The van der Waals surface area contributed by atoms with Crippen LogP contribution in [0.15, 0.2) is 42.2 Å². The molecule has 3 heterocycles. The summed E-state index contributed by atoms with van der Waals surface area (Å²) in [4.78, 5) is 27.4. The van der Waals surface area contributed by atoms with Crippen LogP contribution < -0.4 is 10.6 Å².